The first-order valence-corrected chi connectivity index (χ1v) is 7.13. The van der Waals surface area contributed by atoms with Crippen LogP contribution in [0.4, 0.5) is 4.39 Å². The largest absolute Gasteiger partial charge is 0.387 e. The second-order valence-corrected chi connectivity index (χ2v) is 5.26. The molecule has 0 aliphatic rings. The van der Waals surface area contributed by atoms with Crippen LogP contribution in [-0.4, -0.2) is 27.5 Å². The summed E-state index contributed by atoms with van der Waals surface area (Å²) in [5, 5.41) is 12.5. The summed E-state index contributed by atoms with van der Waals surface area (Å²) in [5.41, 5.74) is 0.951. The number of amides is 1. The first-order chi connectivity index (χ1) is 10.9. The average molecular weight is 319 g/mol. The van der Waals surface area contributed by atoms with Crippen molar-refractivity contribution in [1.29, 1.82) is 0 Å². The van der Waals surface area contributed by atoms with Gasteiger partial charge in [-0.2, -0.15) is 0 Å². The molecule has 0 saturated heterocycles. The summed E-state index contributed by atoms with van der Waals surface area (Å²) in [6, 6.07) is 5.37. The monoisotopic (exact) mass is 319 g/mol. The van der Waals surface area contributed by atoms with Gasteiger partial charge in [-0.1, -0.05) is 12.1 Å². The van der Waals surface area contributed by atoms with Crippen molar-refractivity contribution in [2.24, 2.45) is 0 Å². The van der Waals surface area contributed by atoms with Crippen LogP contribution < -0.4 is 10.9 Å². The Kier molecular flexibility index (Phi) is 5.23. The number of nitrogens with one attached hydrogen (secondary N) is 2. The Labute approximate surface area is 132 Å². The normalized spacial score (nSPS) is 12.0. The fraction of sp³-hybridized carbons (Fsp3) is 0.312. The Balaban J connectivity index is 1.95. The van der Waals surface area contributed by atoms with Crippen LogP contribution in [0, 0.1) is 19.7 Å². The van der Waals surface area contributed by atoms with Gasteiger partial charge in [0.25, 0.3) is 5.56 Å². The summed E-state index contributed by atoms with van der Waals surface area (Å²) in [6.07, 6.45) is -1.07. The van der Waals surface area contributed by atoms with Crippen LogP contribution in [-0.2, 0) is 11.2 Å². The maximum Gasteiger partial charge on any atom is 0.254 e. The smallest absolute Gasteiger partial charge is 0.254 e. The van der Waals surface area contributed by atoms with Crippen molar-refractivity contribution in [3.8, 4) is 0 Å². The Hall–Kier alpha value is -2.54. The summed E-state index contributed by atoms with van der Waals surface area (Å²) in [5.74, 6) is -0.305. The highest BCUT2D eigenvalue weighted by atomic mass is 19.1. The van der Waals surface area contributed by atoms with Crippen molar-refractivity contribution in [3.05, 3.63) is 63.1 Å². The number of carbonyl (C=O) groups excluding carboxylic acids is 1. The lowest BCUT2D eigenvalue weighted by molar-refractivity contribution is -0.120. The van der Waals surface area contributed by atoms with E-state index in [2.05, 4.69) is 15.3 Å². The molecule has 1 atom stereocenters. The number of aliphatic hydroxyl groups is 1. The molecule has 2 aromatic rings. The van der Waals surface area contributed by atoms with Gasteiger partial charge >= 0.3 is 0 Å². The van der Waals surface area contributed by atoms with Crippen molar-refractivity contribution in [1.82, 2.24) is 15.3 Å². The lowest BCUT2D eigenvalue weighted by Gasteiger charge is -2.12. The van der Waals surface area contributed by atoms with Crippen LogP contribution in [0.25, 0.3) is 0 Å². The molecular formula is C16H18FN3O3. The molecule has 1 amide bonds. The minimum Gasteiger partial charge on any atom is -0.387 e. The molecule has 0 bridgehead atoms. The maximum absolute atomic E-state index is 12.8. The van der Waals surface area contributed by atoms with Gasteiger partial charge in [-0.25, -0.2) is 9.37 Å². The van der Waals surface area contributed by atoms with Crippen molar-refractivity contribution < 1.29 is 14.3 Å². The van der Waals surface area contributed by atoms with Crippen LogP contribution >= 0.6 is 0 Å². The highest BCUT2D eigenvalue weighted by molar-refractivity contribution is 5.78. The average Bonchev–Trinajstić information content (AvgIpc) is 2.49. The molecule has 6 nitrogen and oxygen atoms in total. The van der Waals surface area contributed by atoms with Gasteiger partial charge in [-0.05, 0) is 31.5 Å². The van der Waals surface area contributed by atoms with Crippen molar-refractivity contribution in [3.63, 3.8) is 0 Å². The molecule has 7 heteroatoms. The fourth-order valence-electron chi connectivity index (χ4n) is 2.20. The number of hydrogen-bond donors (Lipinski definition) is 3. The number of hydrogen-bond acceptors (Lipinski definition) is 4. The van der Waals surface area contributed by atoms with E-state index in [1.54, 1.807) is 13.8 Å². The minimum atomic E-state index is -0.949. The van der Waals surface area contributed by atoms with E-state index in [1.165, 1.54) is 24.3 Å². The zero-order valence-corrected chi connectivity index (χ0v) is 12.9. The lowest BCUT2D eigenvalue weighted by Crippen LogP contribution is -2.32. The third-order valence-electron chi connectivity index (χ3n) is 3.43. The number of H-pyrrole nitrogens is 1. The van der Waals surface area contributed by atoms with E-state index in [0.717, 1.165) is 0 Å². The van der Waals surface area contributed by atoms with E-state index in [1.807, 2.05) is 0 Å². The van der Waals surface area contributed by atoms with Gasteiger partial charge in [0.05, 0.1) is 12.5 Å². The molecular weight excluding hydrogens is 301 g/mol. The van der Waals surface area contributed by atoms with Gasteiger partial charge in [-0.15, -0.1) is 0 Å². The third-order valence-corrected chi connectivity index (χ3v) is 3.43. The number of rotatable bonds is 5. The molecule has 1 unspecified atom stereocenters. The van der Waals surface area contributed by atoms with E-state index in [4.69, 9.17) is 0 Å². The van der Waals surface area contributed by atoms with E-state index in [-0.39, 0.29) is 18.5 Å². The van der Waals surface area contributed by atoms with E-state index < -0.39 is 17.8 Å². The second kappa shape index (κ2) is 7.15. The molecule has 1 heterocycles. The number of halogens is 1. The second-order valence-electron chi connectivity index (χ2n) is 5.26. The van der Waals surface area contributed by atoms with E-state index in [0.29, 0.717) is 22.6 Å². The lowest BCUT2D eigenvalue weighted by atomic mass is 10.1. The highest BCUT2D eigenvalue weighted by Crippen LogP contribution is 2.12. The van der Waals surface area contributed by atoms with Crippen LogP contribution in [0.5, 0.6) is 0 Å². The first kappa shape index (κ1) is 16.8. The molecule has 1 aromatic carbocycles. The summed E-state index contributed by atoms with van der Waals surface area (Å²) >= 11 is 0. The number of benzene rings is 1. The van der Waals surface area contributed by atoms with E-state index >= 15 is 0 Å². The molecule has 0 saturated carbocycles. The zero-order valence-electron chi connectivity index (χ0n) is 12.9. The molecule has 23 heavy (non-hydrogen) atoms. The van der Waals surface area contributed by atoms with Crippen molar-refractivity contribution in [2.45, 2.75) is 26.4 Å². The Morgan fingerprint density at radius 1 is 1.35 bits per heavy atom. The molecule has 1 aromatic heterocycles. The topological polar surface area (TPSA) is 95.1 Å². The van der Waals surface area contributed by atoms with Gasteiger partial charge in [0.1, 0.15) is 11.6 Å². The standard InChI is InChI=1S/C16H18FN3O3/c1-9-13(16(23)20-10(2)19-9)7-15(22)18-8-14(21)11-3-5-12(17)6-4-11/h3-6,14,21H,7-8H2,1-2H3,(H,18,22)(H,19,20,23). The van der Waals surface area contributed by atoms with Gasteiger partial charge in [-0.3, -0.25) is 9.59 Å². The maximum atomic E-state index is 12.8. The fourth-order valence-corrected chi connectivity index (χ4v) is 2.20. The summed E-state index contributed by atoms with van der Waals surface area (Å²) in [6.45, 7) is 3.30. The number of carbonyl (C=O) groups is 1. The Morgan fingerprint density at radius 3 is 2.61 bits per heavy atom. The number of nitrogens with zero attached hydrogens (tertiary/aromatic N) is 1. The predicted octanol–water partition coefficient (Wildman–Crippen LogP) is 0.918. The van der Waals surface area contributed by atoms with Crippen molar-refractivity contribution >= 4 is 5.91 Å². The molecule has 2 rings (SSSR count). The quantitative estimate of drug-likeness (QED) is 0.763. The number of aryl methyl sites for hydroxylation is 2. The van der Waals surface area contributed by atoms with Gasteiger partial charge < -0.3 is 15.4 Å². The minimum absolute atomic E-state index is 0.0271. The zero-order chi connectivity index (χ0) is 17.0. The van der Waals surface area contributed by atoms with Gasteiger partial charge in [0, 0.05) is 17.8 Å². The number of aromatic amines is 1. The van der Waals surface area contributed by atoms with Crippen LogP contribution in [0.2, 0.25) is 0 Å². The molecule has 0 fully saturated rings. The molecule has 0 radical (unpaired) electrons. The van der Waals surface area contributed by atoms with E-state index in [9.17, 15) is 19.1 Å². The van der Waals surface area contributed by atoms with Gasteiger partial charge in [0.15, 0.2) is 0 Å². The molecule has 3 N–H and O–H groups in total. The molecule has 122 valence electrons. The van der Waals surface area contributed by atoms with Crippen molar-refractivity contribution in [2.75, 3.05) is 6.54 Å². The summed E-state index contributed by atoms with van der Waals surface area (Å²) in [7, 11) is 0. The first-order valence-electron chi connectivity index (χ1n) is 7.13. The Morgan fingerprint density at radius 2 is 2.00 bits per heavy atom. The van der Waals surface area contributed by atoms with Crippen LogP contribution in [0.1, 0.15) is 28.7 Å². The summed E-state index contributed by atoms with van der Waals surface area (Å²) in [4.78, 5) is 30.4. The van der Waals surface area contributed by atoms with Crippen LogP contribution in [0.15, 0.2) is 29.1 Å². The van der Waals surface area contributed by atoms with Crippen LogP contribution in [0.3, 0.4) is 0 Å². The Bertz CT molecular complexity index is 756. The molecule has 0 aliphatic carbocycles. The SMILES string of the molecule is Cc1nc(C)c(CC(=O)NCC(O)c2ccc(F)cc2)c(=O)[nH]1. The molecule has 0 spiro atoms. The third kappa shape index (κ3) is 4.46. The van der Waals surface area contributed by atoms with Gasteiger partial charge in [0.2, 0.25) is 5.91 Å². The highest BCUT2D eigenvalue weighted by Gasteiger charge is 2.14. The number of aliphatic hydroxyl groups excluding tert-OH is 1. The molecule has 0 aliphatic heterocycles. The number of aromatic nitrogens is 2. The predicted molar refractivity (Wildman–Crippen MR) is 82.4 cm³/mol. The summed E-state index contributed by atoms with van der Waals surface area (Å²) < 4.78 is 12.8.